The average molecular weight is 996 g/mol. The Morgan fingerprint density at radius 3 is 2.32 bits per heavy atom. The summed E-state index contributed by atoms with van der Waals surface area (Å²) in [4.78, 5) is 68.7. The Morgan fingerprint density at radius 2 is 1.69 bits per heavy atom. The summed E-state index contributed by atoms with van der Waals surface area (Å²) in [5.41, 5.74) is 1.60. The highest BCUT2D eigenvalue weighted by Gasteiger charge is 2.53. The molecular formula is C54H85N5O12. The molecule has 2 aliphatic heterocycles. The lowest BCUT2D eigenvalue weighted by atomic mass is 9.78. The molecule has 0 spiro atoms. The highest BCUT2D eigenvalue weighted by molar-refractivity contribution is 6.39. The average Bonchev–Trinajstić information content (AvgIpc) is 3.90. The highest BCUT2D eigenvalue weighted by atomic mass is 16.6. The van der Waals surface area contributed by atoms with Gasteiger partial charge in [-0.3, -0.25) is 14.4 Å². The van der Waals surface area contributed by atoms with Crippen molar-refractivity contribution in [2.75, 3.05) is 27.9 Å². The minimum Gasteiger partial charge on any atom is -0.460 e. The number of amides is 1. The number of carbonyl (C=O) groups is 5. The van der Waals surface area contributed by atoms with Crippen LogP contribution in [0, 0.1) is 35.5 Å². The quantitative estimate of drug-likeness (QED) is 0.0296. The topological polar surface area (TPSA) is 219 Å². The predicted octanol–water partition coefficient (Wildman–Crippen LogP) is 7.07. The van der Waals surface area contributed by atoms with Crippen LogP contribution in [0.4, 0.5) is 0 Å². The zero-order valence-corrected chi connectivity index (χ0v) is 44.3. The van der Waals surface area contributed by atoms with Crippen molar-refractivity contribution >= 4 is 29.7 Å². The van der Waals surface area contributed by atoms with Crippen molar-refractivity contribution in [1.82, 2.24) is 25.1 Å². The van der Waals surface area contributed by atoms with Crippen LogP contribution in [-0.4, -0.2) is 141 Å². The molecular weight excluding hydrogens is 911 g/mol. The summed E-state index contributed by atoms with van der Waals surface area (Å²) < 4.78 is 31.1. The maximum absolute atomic E-state index is 14.1. The predicted molar refractivity (Wildman–Crippen MR) is 267 cm³/mol. The van der Waals surface area contributed by atoms with Crippen LogP contribution < -0.4 is 0 Å². The van der Waals surface area contributed by atoms with Gasteiger partial charge in [0.15, 0.2) is 5.78 Å². The number of carbonyl (C=O) groups excluding carboxylic acids is 5. The smallest absolute Gasteiger partial charge is 0.329 e. The van der Waals surface area contributed by atoms with Gasteiger partial charge in [0.2, 0.25) is 5.79 Å². The van der Waals surface area contributed by atoms with Gasteiger partial charge in [-0.25, -0.2) is 9.48 Å². The SMILES string of the molecule is CC[C@H](/C=C/C=C/C=C(\C)[C@H](C[C@@H]1CCC(C)C(O)(C(=O)C(=O)N2CCCCC2C(=O)O[C@@H](CC=O)C(C)C[C@@H]2CC[C@H](n3cnnn3)[C@H](OC)C2)O1)OC)CC(C)C(=O)C(OC)[C@H](O)/C(C)=C/C(C)C. The third-order valence-corrected chi connectivity index (χ3v) is 15.1. The third-order valence-electron chi connectivity index (χ3n) is 15.1. The number of aliphatic hydroxyl groups excluding tert-OH is 1. The lowest BCUT2D eigenvalue weighted by molar-refractivity contribution is -0.265. The van der Waals surface area contributed by atoms with Crippen LogP contribution in [-0.2, 0) is 47.7 Å². The van der Waals surface area contributed by atoms with E-state index in [4.69, 9.17) is 23.7 Å². The first kappa shape index (κ1) is 59.3. The molecule has 0 radical (unpaired) electrons. The van der Waals surface area contributed by atoms with Gasteiger partial charge in [0.05, 0.1) is 24.4 Å². The van der Waals surface area contributed by atoms with E-state index in [2.05, 4.69) is 28.5 Å². The normalized spacial score (nSPS) is 27.8. The van der Waals surface area contributed by atoms with Crippen LogP contribution in [0.2, 0.25) is 0 Å². The Labute approximate surface area is 422 Å². The number of piperidine rings is 1. The van der Waals surface area contributed by atoms with Crippen molar-refractivity contribution in [2.45, 2.75) is 193 Å². The van der Waals surface area contributed by atoms with E-state index in [-0.39, 0.29) is 66.9 Å². The number of methoxy groups -OCH3 is 3. The van der Waals surface area contributed by atoms with Crippen molar-refractivity contribution in [3.63, 3.8) is 0 Å². The van der Waals surface area contributed by atoms with Gasteiger partial charge in [-0.15, -0.1) is 5.10 Å². The number of Topliss-reactive ketones (excluding diaryl/α,β-unsaturated/α-hetero) is 2. The van der Waals surface area contributed by atoms with E-state index in [0.29, 0.717) is 44.9 Å². The van der Waals surface area contributed by atoms with E-state index in [0.717, 1.165) is 43.1 Å². The first-order chi connectivity index (χ1) is 33.8. The lowest BCUT2D eigenvalue weighted by Gasteiger charge is -2.42. The van der Waals surface area contributed by atoms with Crippen molar-refractivity contribution in [2.24, 2.45) is 35.5 Å². The Morgan fingerprint density at radius 1 is 0.944 bits per heavy atom. The molecule has 3 aliphatic rings. The summed E-state index contributed by atoms with van der Waals surface area (Å²) in [5, 5.41) is 34.4. The van der Waals surface area contributed by atoms with Gasteiger partial charge >= 0.3 is 5.97 Å². The molecule has 71 heavy (non-hydrogen) atoms. The monoisotopic (exact) mass is 996 g/mol. The van der Waals surface area contributed by atoms with Crippen molar-refractivity contribution in [1.29, 1.82) is 0 Å². The molecule has 1 saturated carbocycles. The molecule has 2 saturated heterocycles. The molecule has 17 heteroatoms. The lowest BCUT2D eigenvalue weighted by Crippen LogP contribution is -2.61. The molecule has 3 fully saturated rings. The maximum atomic E-state index is 14.1. The molecule has 6 unspecified atom stereocenters. The number of ketones is 2. The summed E-state index contributed by atoms with van der Waals surface area (Å²) in [6.45, 7) is 15.5. The van der Waals surface area contributed by atoms with Crippen molar-refractivity contribution in [3.05, 3.63) is 53.9 Å². The number of hydrogen-bond acceptors (Lipinski definition) is 15. The number of aliphatic hydroxyl groups is 2. The van der Waals surface area contributed by atoms with Gasteiger partial charge in [-0.2, -0.15) is 0 Å². The number of aromatic nitrogens is 4. The number of tetrazole rings is 1. The third kappa shape index (κ3) is 16.4. The molecule has 1 aromatic rings. The second-order valence-corrected chi connectivity index (χ2v) is 20.8. The molecule has 2 N–H and O–H groups in total. The summed E-state index contributed by atoms with van der Waals surface area (Å²) >= 11 is 0. The highest BCUT2D eigenvalue weighted by Crippen LogP contribution is 2.39. The number of nitrogens with zero attached hydrogens (tertiary/aromatic N) is 5. The van der Waals surface area contributed by atoms with E-state index in [1.807, 2.05) is 71.9 Å². The summed E-state index contributed by atoms with van der Waals surface area (Å²) in [6.07, 6.45) is 17.5. The van der Waals surface area contributed by atoms with Crippen LogP contribution >= 0.6 is 0 Å². The molecule has 17 nitrogen and oxygen atoms in total. The molecule has 0 bridgehead atoms. The number of likely N-dealkylation sites (tertiary alicyclic amines) is 1. The molecule has 1 aromatic heterocycles. The van der Waals surface area contributed by atoms with E-state index in [9.17, 15) is 34.2 Å². The maximum Gasteiger partial charge on any atom is 0.329 e. The van der Waals surface area contributed by atoms with Gasteiger partial charge in [0.1, 0.15) is 37.0 Å². The zero-order valence-electron chi connectivity index (χ0n) is 44.3. The number of aldehydes is 1. The number of allylic oxidation sites excluding steroid dienone is 6. The molecule has 4 rings (SSSR count). The molecule has 14 atom stereocenters. The molecule has 1 amide bonds. The summed E-state index contributed by atoms with van der Waals surface area (Å²) in [5.74, 6) is -5.94. The van der Waals surface area contributed by atoms with E-state index in [1.165, 1.54) is 12.0 Å². The number of rotatable bonds is 27. The molecule has 1 aliphatic carbocycles. The second kappa shape index (κ2) is 28.8. The van der Waals surface area contributed by atoms with E-state index in [1.54, 1.807) is 32.2 Å². The fraction of sp³-hybridized carbons (Fsp3) is 0.741. The molecule has 3 heterocycles. The summed E-state index contributed by atoms with van der Waals surface area (Å²) in [7, 11) is 4.71. The van der Waals surface area contributed by atoms with Gasteiger partial charge < -0.3 is 43.6 Å². The Hall–Kier alpha value is -4.26. The Kier molecular flexibility index (Phi) is 24.1. The van der Waals surface area contributed by atoms with Crippen LogP contribution in [0.1, 0.15) is 145 Å². The van der Waals surface area contributed by atoms with Crippen LogP contribution in [0.3, 0.4) is 0 Å². The Bertz CT molecular complexity index is 1990. The van der Waals surface area contributed by atoms with Crippen LogP contribution in [0.5, 0.6) is 0 Å². The number of hydrogen-bond donors (Lipinski definition) is 2. The first-order valence-corrected chi connectivity index (χ1v) is 26.0. The van der Waals surface area contributed by atoms with E-state index < -0.39 is 65.9 Å². The molecule has 0 aromatic carbocycles. The van der Waals surface area contributed by atoms with Crippen LogP contribution in [0.15, 0.2) is 53.9 Å². The Balaban J connectivity index is 1.34. The van der Waals surface area contributed by atoms with Gasteiger partial charge in [-0.1, -0.05) is 78.0 Å². The van der Waals surface area contributed by atoms with Crippen LogP contribution in [0.25, 0.3) is 0 Å². The van der Waals surface area contributed by atoms with Gasteiger partial charge in [-0.05, 0) is 130 Å². The second-order valence-electron chi connectivity index (χ2n) is 20.8. The standard InChI is InChI=1S/C54H85N5O12/c1-12-40(30-38(7)49(62)50(69-11)48(61)37(6)28-34(2)3)19-15-13-14-18-35(4)46(67-9)32-42-23-21-39(8)54(66,71-42)51(63)52(64)58-26-17-16-20-44(58)53(65)70-45(25-27-60)36(5)29-41-22-24-43(47(31-41)68-10)59-33-55-56-57-59/h13-15,18-19,27-28,33-34,36,38-48,50,61,66H,12,16-17,20-26,29-32H2,1-11H3/b14-13+,19-15+,35-18+,37-28+/t36?,38?,39?,40-,41+,42+,43+,44?,45+,46+,47-,48-,50?,54?/m1/s1. The first-order valence-electron chi connectivity index (χ1n) is 26.0. The fourth-order valence-electron chi connectivity index (χ4n) is 10.7. The number of esters is 1. The van der Waals surface area contributed by atoms with E-state index >= 15 is 0 Å². The van der Waals surface area contributed by atoms with Gasteiger partial charge in [0, 0.05) is 52.6 Å². The van der Waals surface area contributed by atoms with Crippen molar-refractivity contribution in [3.8, 4) is 0 Å². The summed E-state index contributed by atoms with van der Waals surface area (Å²) in [6, 6.07) is -1.05. The molecule has 398 valence electrons. The number of ether oxygens (including phenoxy) is 5. The zero-order chi connectivity index (χ0) is 52.4. The van der Waals surface area contributed by atoms with Crippen molar-refractivity contribution < 1.29 is 57.9 Å². The minimum atomic E-state index is -2.42. The largest absolute Gasteiger partial charge is 0.460 e. The van der Waals surface area contributed by atoms with Gasteiger partial charge in [0.25, 0.3) is 11.7 Å². The minimum absolute atomic E-state index is 0.00687. The fourth-order valence-corrected chi connectivity index (χ4v) is 10.7.